The van der Waals surface area contributed by atoms with Crippen LogP contribution in [0.15, 0.2) is 18.2 Å². The summed E-state index contributed by atoms with van der Waals surface area (Å²) in [6, 6.07) is 4.08. The summed E-state index contributed by atoms with van der Waals surface area (Å²) in [4.78, 5) is 10.7. The van der Waals surface area contributed by atoms with Gasteiger partial charge in [-0.3, -0.25) is 0 Å². The van der Waals surface area contributed by atoms with Gasteiger partial charge in [0.2, 0.25) is 0 Å². The van der Waals surface area contributed by atoms with Crippen LogP contribution in [0.4, 0.5) is 5.69 Å². The third kappa shape index (κ3) is 3.29. The molecule has 88 valence electrons. The average Bonchev–Trinajstić information content (AvgIpc) is 2.27. The molecule has 1 atom stereocenters. The molecule has 0 fully saturated rings. The summed E-state index contributed by atoms with van der Waals surface area (Å²) in [5, 5.41) is 30.0. The van der Waals surface area contributed by atoms with E-state index in [1.807, 2.05) is 0 Å². The van der Waals surface area contributed by atoms with Crippen LogP contribution in [0, 0.1) is 0 Å². The fourth-order valence-electron chi connectivity index (χ4n) is 1.11. The first kappa shape index (κ1) is 12.6. The average molecular weight is 246 g/mol. The molecule has 16 heavy (non-hydrogen) atoms. The zero-order valence-corrected chi connectivity index (χ0v) is 9.11. The van der Waals surface area contributed by atoms with Crippen molar-refractivity contribution in [2.24, 2.45) is 0 Å². The van der Waals surface area contributed by atoms with E-state index in [-0.39, 0.29) is 23.7 Å². The predicted molar refractivity (Wildman–Crippen MR) is 60.3 cm³/mol. The van der Waals surface area contributed by atoms with Crippen LogP contribution in [0.25, 0.3) is 0 Å². The Labute approximate surface area is 97.3 Å². The second-order valence-corrected chi connectivity index (χ2v) is 3.53. The van der Waals surface area contributed by atoms with Gasteiger partial charge in [-0.1, -0.05) is 0 Å². The minimum absolute atomic E-state index is 0.0941. The molecular formula is C10H12ClNO4. The Morgan fingerprint density at radius 3 is 2.75 bits per heavy atom. The lowest BCUT2D eigenvalue weighted by atomic mass is 10.2. The first-order chi connectivity index (χ1) is 7.54. The Bertz CT molecular complexity index is 383. The molecule has 0 spiro atoms. The third-order valence-corrected chi connectivity index (χ3v) is 2.30. The molecule has 0 saturated heterocycles. The van der Waals surface area contributed by atoms with Crippen molar-refractivity contribution in [2.45, 2.75) is 6.10 Å². The molecule has 0 aromatic heterocycles. The van der Waals surface area contributed by atoms with Crippen LogP contribution in [0.3, 0.4) is 0 Å². The van der Waals surface area contributed by atoms with Gasteiger partial charge in [-0.2, -0.15) is 0 Å². The van der Waals surface area contributed by atoms with E-state index < -0.39 is 12.1 Å². The van der Waals surface area contributed by atoms with E-state index in [0.717, 1.165) is 0 Å². The molecule has 0 amide bonds. The number of nitrogens with one attached hydrogen (secondary N) is 1. The minimum Gasteiger partial charge on any atom is -0.507 e. The Morgan fingerprint density at radius 1 is 1.50 bits per heavy atom. The molecule has 0 heterocycles. The lowest BCUT2D eigenvalue weighted by Crippen LogP contribution is -2.20. The van der Waals surface area contributed by atoms with Gasteiger partial charge in [-0.15, -0.1) is 11.6 Å². The Balaban J connectivity index is 2.75. The van der Waals surface area contributed by atoms with E-state index >= 15 is 0 Å². The Morgan fingerprint density at radius 2 is 2.19 bits per heavy atom. The van der Waals surface area contributed by atoms with Crippen molar-refractivity contribution in [3.05, 3.63) is 23.8 Å². The number of phenols is 1. The van der Waals surface area contributed by atoms with Gasteiger partial charge in [0.1, 0.15) is 11.3 Å². The number of benzene rings is 1. The molecule has 1 aromatic rings. The fraction of sp³-hybridized carbons (Fsp3) is 0.300. The summed E-state index contributed by atoms with van der Waals surface area (Å²) < 4.78 is 0. The van der Waals surface area contributed by atoms with Crippen molar-refractivity contribution in [3.63, 3.8) is 0 Å². The topological polar surface area (TPSA) is 89.8 Å². The first-order valence-corrected chi connectivity index (χ1v) is 5.12. The minimum atomic E-state index is -1.21. The summed E-state index contributed by atoms with van der Waals surface area (Å²) in [7, 11) is 0. The first-order valence-electron chi connectivity index (χ1n) is 4.58. The second-order valence-electron chi connectivity index (χ2n) is 3.23. The van der Waals surface area contributed by atoms with Crippen LogP contribution >= 0.6 is 11.6 Å². The number of aromatic carboxylic acids is 1. The van der Waals surface area contributed by atoms with Crippen LogP contribution in [-0.4, -0.2) is 39.8 Å². The van der Waals surface area contributed by atoms with Gasteiger partial charge in [-0.25, -0.2) is 4.79 Å². The summed E-state index contributed by atoms with van der Waals surface area (Å²) in [5.41, 5.74) is 0.310. The maximum Gasteiger partial charge on any atom is 0.339 e. The molecule has 0 aliphatic rings. The van der Waals surface area contributed by atoms with Gasteiger partial charge in [0.05, 0.1) is 12.0 Å². The van der Waals surface area contributed by atoms with Crippen molar-refractivity contribution in [2.75, 3.05) is 17.7 Å². The number of carboxylic acid groups (broad SMARTS) is 1. The highest BCUT2D eigenvalue weighted by Gasteiger charge is 2.10. The predicted octanol–water partition coefficient (Wildman–Crippen LogP) is 1.10. The standard InChI is InChI=1S/C10H12ClNO4/c11-4-7(13)5-12-6-1-2-9(14)8(3-6)10(15)16/h1-3,7,12-14H,4-5H2,(H,15,16). The molecule has 1 rings (SSSR count). The number of aromatic hydroxyl groups is 1. The highest BCUT2D eigenvalue weighted by Crippen LogP contribution is 2.21. The number of aliphatic hydroxyl groups excluding tert-OH is 1. The van der Waals surface area contributed by atoms with Gasteiger partial charge >= 0.3 is 5.97 Å². The summed E-state index contributed by atoms with van der Waals surface area (Å²) in [6.45, 7) is 0.216. The van der Waals surface area contributed by atoms with Gasteiger partial charge in [0.25, 0.3) is 0 Å². The van der Waals surface area contributed by atoms with Gasteiger partial charge < -0.3 is 20.6 Å². The normalized spacial score (nSPS) is 12.1. The molecule has 5 nitrogen and oxygen atoms in total. The number of aliphatic hydroxyl groups is 1. The number of rotatable bonds is 5. The van der Waals surface area contributed by atoms with Crippen molar-refractivity contribution in [1.29, 1.82) is 0 Å². The van der Waals surface area contributed by atoms with Gasteiger partial charge in [0, 0.05) is 12.2 Å². The van der Waals surface area contributed by atoms with E-state index in [2.05, 4.69) is 5.32 Å². The Hall–Kier alpha value is -1.46. The van der Waals surface area contributed by atoms with E-state index in [0.29, 0.717) is 5.69 Å². The quantitative estimate of drug-likeness (QED) is 0.461. The van der Waals surface area contributed by atoms with Crippen molar-refractivity contribution >= 4 is 23.3 Å². The third-order valence-electron chi connectivity index (χ3n) is 1.95. The second kappa shape index (κ2) is 5.58. The largest absolute Gasteiger partial charge is 0.507 e. The highest BCUT2D eigenvalue weighted by atomic mass is 35.5. The Kier molecular flexibility index (Phi) is 4.39. The van der Waals surface area contributed by atoms with E-state index in [1.54, 1.807) is 0 Å². The maximum absolute atomic E-state index is 10.7. The number of halogens is 1. The molecule has 0 bridgehead atoms. The number of carbonyl (C=O) groups is 1. The molecule has 1 unspecified atom stereocenters. The summed E-state index contributed by atoms with van der Waals surface area (Å²) >= 11 is 5.40. The number of anilines is 1. The highest BCUT2D eigenvalue weighted by molar-refractivity contribution is 6.18. The lowest BCUT2D eigenvalue weighted by molar-refractivity contribution is 0.0694. The van der Waals surface area contributed by atoms with E-state index in [1.165, 1.54) is 18.2 Å². The lowest BCUT2D eigenvalue weighted by Gasteiger charge is -2.10. The van der Waals surface area contributed by atoms with Crippen LogP contribution < -0.4 is 5.32 Å². The number of alkyl halides is 1. The molecule has 1 aromatic carbocycles. The summed E-state index contributed by atoms with van der Waals surface area (Å²) in [6.07, 6.45) is -0.705. The number of hydrogen-bond donors (Lipinski definition) is 4. The molecular weight excluding hydrogens is 234 g/mol. The van der Waals surface area contributed by atoms with Crippen LogP contribution in [0.2, 0.25) is 0 Å². The van der Waals surface area contributed by atoms with Crippen molar-refractivity contribution in [1.82, 2.24) is 0 Å². The van der Waals surface area contributed by atoms with Crippen molar-refractivity contribution in [3.8, 4) is 5.75 Å². The number of carboxylic acids is 1. The molecule has 0 saturated carbocycles. The van der Waals surface area contributed by atoms with Crippen molar-refractivity contribution < 1.29 is 20.1 Å². The van der Waals surface area contributed by atoms with Gasteiger partial charge in [0.15, 0.2) is 0 Å². The molecule has 0 aliphatic carbocycles. The number of hydrogen-bond acceptors (Lipinski definition) is 4. The van der Waals surface area contributed by atoms with Crippen LogP contribution in [0.5, 0.6) is 5.75 Å². The molecule has 0 aliphatic heterocycles. The van der Waals surface area contributed by atoms with E-state index in [4.69, 9.17) is 16.7 Å². The fourth-order valence-corrected chi connectivity index (χ4v) is 1.22. The summed E-state index contributed by atoms with van der Waals surface area (Å²) in [5.74, 6) is -1.41. The smallest absolute Gasteiger partial charge is 0.339 e. The van der Waals surface area contributed by atoms with Crippen LogP contribution in [0.1, 0.15) is 10.4 Å². The maximum atomic E-state index is 10.7. The zero-order valence-electron chi connectivity index (χ0n) is 8.35. The molecule has 0 radical (unpaired) electrons. The van der Waals surface area contributed by atoms with E-state index in [9.17, 15) is 15.0 Å². The zero-order chi connectivity index (χ0) is 12.1. The molecule has 4 N–H and O–H groups in total. The monoisotopic (exact) mass is 245 g/mol. The SMILES string of the molecule is O=C(O)c1cc(NCC(O)CCl)ccc1O. The molecule has 6 heteroatoms. The van der Waals surface area contributed by atoms with Gasteiger partial charge in [-0.05, 0) is 18.2 Å². The van der Waals surface area contributed by atoms with Crippen LogP contribution in [-0.2, 0) is 0 Å².